The summed E-state index contributed by atoms with van der Waals surface area (Å²) in [5.74, 6) is -0.212. The summed E-state index contributed by atoms with van der Waals surface area (Å²) in [6.07, 6.45) is 1.54. The second kappa shape index (κ2) is 7.14. The Hall–Kier alpha value is -1.86. The molecule has 6 nitrogen and oxygen atoms in total. The van der Waals surface area contributed by atoms with Crippen molar-refractivity contribution < 1.29 is 13.2 Å². The number of hydrogen-bond donors (Lipinski definition) is 1. The highest BCUT2D eigenvalue weighted by Gasteiger charge is 2.26. The van der Waals surface area contributed by atoms with Crippen LogP contribution in [0.15, 0.2) is 36.5 Å². The Labute approximate surface area is 140 Å². The first-order valence-corrected chi connectivity index (χ1v) is 9.21. The van der Waals surface area contributed by atoms with Crippen LogP contribution in [0.2, 0.25) is 5.02 Å². The first-order valence-electron chi connectivity index (χ1n) is 7.12. The molecule has 2 aromatic rings. The molecule has 0 fully saturated rings. The van der Waals surface area contributed by atoms with Crippen molar-refractivity contribution in [2.75, 3.05) is 11.1 Å². The molecule has 1 amide bonds. The van der Waals surface area contributed by atoms with Crippen LogP contribution in [0.4, 0.5) is 5.82 Å². The molecule has 1 aromatic carbocycles. The van der Waals surface area contributed by atoms with E-state index < -0.39 is 21.0 Å². The van der Waals surface area contributed by atoms with Gasteiger partial charge in [0.25, 0.3) is 0 Å². The minimum atomic E-state index is -3.44. The molecule has 0 aliphatic carbocycles. The van der Waals surface area contributed by atoms with E-state index in [1.165, 1.54) is 13.8 Å². The van der Waals surface area contributed by atoms with Crippen LogP contribution in [-0.2, 0) is 21.2 Å². The topological polar surface area (TPSA) is 81.1 Å². The maximum Gasteiger partial charge on any atom is 0.243 e. The molecule has 8 heteroatoms. The van der Waals surface area contributed by atoms with Gasteiger partial charge < -0.3 is 5.32 Å². The lowest BCUT2D eigenvalue weighted by molar-refractivity contribution is -0.115. The molecular weight excluding hydrogens is 338 g/mol. The fourth-order valence-corrected chi connectivity index (χ4v) is 3.11. The third kappa shape index (κ3) is 4.33. The Bertz CT molecular complexity index is 802. The third-order valence-corrected chi connectivity index (χ3v) is 5.83. The van der Waals surface area contributed by atoms with Gasteiger partial charge >= 0.3 is 0 Å². The summed E-state index contributed by atoms with van der Waals surface area (Å²) in [6.45, 7) is 3.31. The number of amides is 1. The number of benzene rings is 1. The van der Waals surface area contributed by atoms with E-state index in [2.05, 4.69) is 10.4 Å². The Balaban J connectivity index is 2.14. The monoisotopic (exact) mass is 355 g/mol. The summed E-state index contributed by atoms with van der Waals surface area (Å²) in [6, 6.07) is 8.92. The Morgan fingerprint density at radius 3 is 2.78 bits per heavy atom. The maximum atomic E-state index is 12.1. The van der Waals surface area contributed by atoms with Crippen LogP contribution in [0.25, 0.3) is 0 Å². The summed E-state index contributed by atoms with van der Waals surface area (Å²) in [5, 5.41) is 6.26. The number of aromatic nitrogens is 2. The molecule has 2 rings (SSSR count). The van der Waals surface area contributed by atoms with Crippen molar-refractivity contribution in [1.82, 2.24) is 9.78 Å². The van der Waals surface area contributed by atoms with E-state index in [0.717, 1.165) is 5.56 Å². The number of nitrogens with zero attached hydrogens (tertiary/aromatic N) is 2. The van der Waals surface area contributed by atoms with Gasteiger partial charge in [0, 0.05) is 16.8 Å². The number of hydrogen-bond acceptors (Lipinski definition) is 4. The number of rotatable bonds is 6. The van der Waals surface area contributed by atoms with E-state index in [4.69, 9.17) is 11.6 Å². The van der Waals surface area contributed by atoms with E-state index in [1.807, 2.05) is 12.1 Å². The van der Waals surface area contributed by atoms with Gasteiger partial charge in [-0.3, -0.25) is 4.79 Å². The predicted octanol–water partition coefficient (Wildman–Crippen LogP) is 2.35. The van der Waals surface area contributed by atoms with Gasteiger partial charge in [-0.15, -0.1) is 0 Å². The van der Waals surface area contributed by atoms with Crippen LogP contribution >= 0.6 is 11.6 Å². The third-order valence-electron chi connectivity index (χ3n) is 3.50. The zero-order chi connectivity index (χ0) is 17.0. The quantitative estimate of drug-likeness (QED) is 0.862. The number of carbonyl (C=O) groups is 1. The number of carbonyl (C=O) groups excluding carboxylic acids is 1. The average molecular weight is 356 g/mol. The van der Waals surface area contributed by atoms with Gasteiger partial charge in [-0.25, -0.2) is 13.1 Å². The van der Waals surface area contributed by atoms with Gasteiger partial charge in [-0.2, -0.15) is 5.10 Å². The zero-order valence-corrected chi connectivity index (χ0v) is 14.4. The van der Waals surface area contributed by atoms with E-state index in [1.54, 1.807) is 29.1 Å². The molecule has 1 N–H and O–H groups in total. The molecular formula is C15H18ClN3O3S. The molecule has 23 heavy (non-hydrogen) atoms. The first-order chi connectivity index (χ1) is 10.8. The highest BCUT2D eigenvalue weighted by molar-refractivity contribution is 7.92. The summed E-state index contributed by atoms with van der Waals surface area (Å²) >= 11 is 5.95. The van der Waals surface area contributed by atoms with Crippen molar-refractivity contribution >= 4 is 33.2 Å². The molecule has 124 valence electrons. The summed E-state index contributed by atoms with van der Waals surface area (Å²) in [7, 11) is -3.44. The van der Waals surface area contributed by atoms with Crippen LogP contribution in [0, 0.1) is 0 Å². The minimum Gasteiger partial charge on any atom is -0.310 e. The summed E-state index contributed by atoms with van der Waals surface area (Å²) < 4.78 is 25.1. The molecule has 0 spiro atoms. The molecule has 1 aromatic heterocycles. The molecule has 0 bridgehead atoms. The van der Waals surface area contributed by atoms with E-state index in [9.17, 15) is 13.2 Å². The lowest BCUT2D eigenvalue weighted by Crippen LogP contribution is -2.34. The predicted molar refractivity (Wildman–Crippen MR) is 90.3 cm³/mol. The first kappa shape index (κ1) is 17.5. The second-order valence-corrected chi connectivity index (χ2v) is 8.13. The zero-order valence-electron chi connectivity index (χ0n) is 12.9. The average Bonchev–Trinajstić information content (AvgIpc) is 2.93. The fraction of sp³-hybridized carbons (Fsp3) is 0.333. The van der Waals surface area contributed by atoms with E-state index in [-0.39, 0.29) is 5.75 Å². The van der Waals surface area contributed by atoms with Gasteiger partial charge in [0.15, 0.2) is 9.84 Å². The van der Waals surface area contributed by atoms with Crippen molar-refractivity contribution in [3.05, 3.63) is 47.1 Å². The van der Waals surface area contributed by atoms with Crippen molar-refractivity contribution in [2.24, 2.45) is 0 Å². The maximum absolute atomic E-state index is 12.1. The lowest BCUT2D eigenvalue weighted by Gasteiger charge is -2.13. The van der Waals surface area contributed by atoms with Gasteiger partial charge in [0.2, 0.25) is 5.91 Å². The standard InChI is InChI=1S/C15H18ClN3O3S/c1-3-23(21,22)11(2)15(20)18-14-7-8-17-19(14)10-12-5-4-6-13(16)9-12/h4-9,11H,3,10H2,1-2H3,(H,18,20)/t11-/m1/s1. The number of halogens is 1. The van der Waals surface area contributed by atoms with Gasteiger partial charge in [0.1, 0.15) is 11.1 Å². The van der Waals surface area contributed by atoms with E-state index >= 15 is 0 Å². The Kier molecular flexibility index (Phi) is 5.43. The molecule has 0 saturated heterocycles. The summed E-state index contributed by atoms with van der Waals surface area (Å²) in [4.78, 5) is 12.1. The number of nitrogens with one attached hydrogen (secondary N) is 1. The van der Waals surface area contributed by atoms with Gasteiger partial charge in [-0.05, 0) is 24.6 Å². The highest BCUT2D eigenvalue weighted by Crippen LogP contribution is 2.15. The molecule has 0 aliphatic rings. The van der Waals surface area contributed by atoms with E-state index in [0.29, 0.717) is 17.4 Å². The van der Waals surface area contributed by atoms with Crippen molar-refractivity contribution in [3.63, 3.8) is 0 Å². The molecule has 0 aliphatic heterocycles. The number of anilines is 1. The number of sulfone groups is 1. The Morgan fingerprint density at radius 2 is 2.13 bits per heavy atom. The largest absolute Gasteiger partial charge is 0.310 e. The van der Waals surface area contributed by atoms with Gasteiger partial charge in [-0.1, -0.05) is 30.7 Å². The normalized spacial score (nSPS) is 12.8. The minimum absolute atomic E-state index is 0.0800. The lowest BCUT2D eigenvalue weighted by atomic mass is 10.2. The Morgan fingerprint density at radius 1 is 1.39 bits per heavy atom. The summed E-state index contributed by atoms with van der Waals surface area (Å²) in [5.41, 5.74) is 0.922. The van der Waals surface area contributed by atoms with Crippen molar-refractivity contribution in [2.45, 2.75) is 25.6 Å². The molecule has 1 heterocycles. The van der Waals surface area contributed by atoms with Crippen molar-refractivity contribution in [1.29, 1.82) is 0 Å². The van der Waals surface area contributed by atoms with Crippen LogP contribution in [0.1, 0.15) is 19.4 Å². The fourth-order valence-electron chi connectivity index (χ4n) is 2.01. The molecule has 0 saturated carbocycles. The smallest absolute Gasteiger partial charge is 0.243 e. The molecule has 1 atom stereocenters. The van der Waals surface area contributed by atoms with Crippen molar-refractivity contribution in [3.8, 4) is 0 Å². The van der Waals surface area contributed by atoms with Crippen LogP contribution in [-0.4, -0.2) is 35.1 Å². The molecule has 0 unspecified atom stereocenters. The van der Waals surface area contributed by atoms with Crippen LogP contribution in [0.5, 0.6) is 0 Å². The second-order valence-electron chi connectivity index (χ2n) is 5.09. The molecule has 0 radical (unpaired) electrons. The highest BCUT2D eigenvalue weighted by atomic mass is 35.5. The van der Waals surface area contributed by atoms with Crippen LogP contribution < -0.4 is 5.32 Å². The van der Waals surface area contributed by atoms with Gasteiger partial charge in [0.05, 0.1) is 12.7 Å². The van der Waals surface area contributed by atoms with Crippen LogP contribution in [0.3, 0.4) is 0 Å². The SMILES string of the molecule is CCS(=O)(=O)[C@H](C)C(=O)Nc1ccnn1Cc1cccc(Cl)c1.